The first-order valence-corrected chi connectivity index (χ1v) is 12.6. The highest BCUT2D eigenvalue weighted by atomic mass is 79.9. The number of piperazine rings is 1. The Morgan fingerprint density at radius 2 is 1.74 bits per heavy atom. The molecule has 0 atom stereocenters. The summed E-state index contributed by atoms with van der Waals surface area (Å²) >= 11 is 3.55. The molecule has 0 bridgehead atoms. The average molecular weight is 513 g/mol. The van der Waals surface area contributed by atoms with Crippen LogP contribution in [-0.4, -0.2) is 63.2 Å². The van der Waals surface area contributed by atoms with Crippen molar-refractivity contribution in [2.45, 2.75) is 6.42 Å². The predicted octanol–water partition coefficient (Wildman–Crippen LogP) is 3.63. The zero-order chi connectivity index (χ0) is 22.2. The van der Waals surface area contributed by atoms with Gasteiger partial charge >= 0.3 is 0 Å². The molecule has 0 spiro atoms. The van der Waals surface area contributed by atoms with Gasteiger partial charge in [0.15, 0.2) is 0 Å². The topological polar surface area (TPSA) is 49.9 Å². The maximum absolute atomic E-state index is 14.3. The average Bonchev–Trinajstić information content (AvgIpc) is 3.03. The van der Waals surface area contributed by atoms with Gasteiger partial charge in [0, 0.05) is 60.8 Å². The van der Waals surface area contributed by atoms with Gasteiger partial charge in [0.05, 0.1) is 6.26 Å². The molecule has 31 heavy (non-hydrogen) atoms. The van der Waals surface area contributed by atoms with Crippen LogP contribution in [0.2, 0.25) is 0 Å². The Morgan fingerprint density at radius 3 is 2.42 bits per heavy atom. The van der Waals surface area contributed by atoms with E-state index in [1.54, 1.807) is 0 Å². The molecule has 1 aliphatic heterocycles. The van der Waals surface area contributed by atoms with Gasteiger partial charge in [-0.25, -0.2) is 17.2 Å². The first-order chi connectivity index (χ1) is 14.7. The number of halogens is 3. The van der Waals surface area contributed by atoms with Crippen LogP contribution in [0.25, 0.3) is 5.57 Å². The molecule has 0 N–H and O–H groups in total. The van der Waals surface area contributed by atoms with Crippen molar-refractivity contribution in [3.05, 3.63) is 69.2 Å². The highest BCUT2D eigenvalue weighted by Gasteiger charge is 2.25. The molecule has 0 unspecified atom stereocenters. The van der Waals surface area contributed by atoms with Crippen LogP contribution >= 0.6 is 15.9 Å². The summed E-state index contributed by atoms with van der Waals surface area (Å²) in [6.45, 7) is 3.57. The van der Waals surface area contributed by atoms with Crippen molar-refractivity contribution in [1.29, 1.82) is 0 Å². The standard InChI is InChI=1S/C22H23BrF2N2O3S/c1-31(28,29)27-8-6-26(7-9-27)10-11-30-17-3-5-18-15(12-17)13-20(23)22(18)19-4-2-16(24)14-21(19)25/h2-5,12,14H,6-11,13H2,1H3. The minimum atomic E-state index is -3.13. The molecule has 5 nitrogen and oxygen atoms in total. The van der Waals surface area contributed by atoms with Gasteiger partial charge in [-0.05, 0) is 35.4 Å². The van der Waals surface area contributed by atoms with E-state index in [1.165, 1.54) is 22.7 Å². The summed E-state index contributed by atoms with van der Waals surface area (Å²) in [5.74, 6) is -0.455. The van der Waals surface area contributed by atoms with Gasteiger partial charge in [-0.2, -0.15) is 4.31 Å². The number of sulfonamides is 1. The normalized spacial score (nSPS) is 17.8. The van der Waals surface area contributed by atoms with E-state index in [-0.39, 0.29) is 0 Å². The smallest absolute Gasteiger partial charge is 0.211 e. The van der Waals surface area contributed by atoms with Crippen molar-refractivity contribution < 1.29 is 21.9 Å². The molecule has 1 aliphatic carbocycles. The van der Waals surface area contributed by atoms with E-state index in [9.17, 15) is 17.2 Å². The van der Waals surface area contributed by atoms with Crippen molar-refractivity contribution in [3.8, 4) is 5.75 Å². The molecule has 2 aromatic rings. The molecule has 9 heteroatoms. The highest BCUT2D eigenvalue weighted by molar-refractivity contribution is 9.11. The zero-order valence-electron chi connectivity index (χ0n) is 17.1. The van der Waals surface area contributed by atoms with Gasteiger partial charge in [0.2, 0.25) is 10.0 Å². The lowest BCUT2D eigenvalue weighted by atomic mass is 9.98. The van der Waals surface area contributed by atoms with Crippen LogP contribution in [0.1, 0.15) is 16.7 Å². The van der Waals surface area contributed by atoms with Crippen LogP contribution in [0.5, 0.6) is 5.75 Å². The molecule has 4 rings (SSSR count). The quantitative estimate of drug-likeness (QED) is 0.592. The van der Waals surface area contributed by atoms with E-state index in [0.29, 0.717) is 51.3 Å². The maximum atomic E-state index is 14.3. The number of fused-ring (bicyclic) bond motifs is 1. The maximum Gasteiger partial charge on any atom is 0.211 e. The second kappa shape index (κ2) is 8.97. The van der Waals surface area contributed by atoms with Crippen molar-refractivity contribution in [2.75, 3.05) is 45.6 Å². The Kier molecular flexibility index (Phi) is 6.48. The molecule has 0 amide bonds. The van der Waals surface area contributed by atoms with Gasteiger partial charge < -0.3 is 4.74 Å². The van der Waals surface area contributed by atoms with E-state index < -0.39 is 21.7 Å². The van der Waals surface area contributed by atoms with Crippen molar-refractivity contribution in [1.82, 2.24) is 9.21 Å². The fourth-order valence-corrected chi connectivity index (χ4v) is 5.57. The van der Waals surface area contributed by atoms with Gasteiger partial charge in [0.25, 0.3) is 0 Å². The zero-order valence-corrected chi connectivity index (χ0v) is 19.5. The van der Waals surface area contributed by atoms with Gasteiger partial charge in [0.1, 0.15) is 24.0 Å². The van der Waals surface area contributed by atoms with E-state index in [1.807, 2.05) is 18.2 Å². The van der Waals surface area contributed by atoms with Crippen LogP contribution in [0.3, 0.4) is 0 Å². The molecular weight excluding hydrogens is 490 g/mol. The molecule has 2 aromatic carbocycles. The number of allylic oxidation sites excluding steroid dienone is 1. The molecule has 0 radical (unpaired) electrons. The molecular formula is C22H23BrF2N2O3S. The lowest BCUT2D eigenvalue weighted by Crippen LogP contribution is -2.49. The fraction of sp³-hybridized carbons (Fsp3) is 0.364. The Morgan fingerprint density at radius 1 is 1.03 bits per heavy atom. The van der Waals surface area contributed by atoms with Gasteiger partial charge in [-0.15, -0.1) is 0 Å². The number of benzene rings is 2. The van der Waals surface area contributed by atoms with E-state index >= 15 is 0 Å². The van der Waals surface area contributed by atoms with Crippen LogP contribution in [0, 0.1) is 11.6 Å². The summed E-state index contributed by atoms with van der Waals surface area (Å²) in [6, 6.07) is 9.33. The minimum absolute atomic E-state index is 0.369. The summed E-state index contributed by atoms with van der Waals surface area (Å²) < 4.78 is 59.1. The van der Waals surface area contributed by atoms with Crippen molar-refractivity contribution in [3.63, 3.8) is 0 Å². The molecule has 166 valence electrons. The number of rotatable bonds is 6. The third-order valence-electron chi connectivity index (χ3n) is 5.64. The Labute approximate surface area is 189 Å². The Balaban J connectivity index is 1.37. The van der Waals surface area contributed by atoms with E-state index in [2.05, 4.69) is 20.8 Å². The van der Waals surface area contributed by atoms with E-state index in [0.717, 1.165) is 33.0 Å². The lowest BCUT2D eigenvalue weighted by molar-refractivity contribution is 0.159. The Bertz CT molecular complexity index is 1130. The number of hydrogen-bond acceptors (Lipinski definition) is 4. The molecule has 0 aromatic heterocycles. The SMILES string of the molecule is CS(=O)(=O)N1CCN(CCOc2ccc3c(c2)CC(Br)=C3c2ccc(F)cc2F)CC1. The fourth-order valence-electron chi connectivity index (χ4n) is 4.01. The largest absolute Gasteiger partial charge is 0.492 e. The van der Waals surface area contributed by atoms with Gasteiger partial charge in [-0.3, -0.25) is 4.90 Å². The summed E-state index contributed by atoms with van der Waals surface area (Å²) in [7, 11) is -3.13. The van der Waals surface area contributed by atoms with Crippen LogP contribution in [-0.2, 0) is 16.4 Å². The molecule has 1 fully saturated rings. The van der Waals surface area contributed by atoms with Crippen molar-refractivity contribution in [2.24, 2.45) is 0 Å². The number of ether oxygens (including phenoxy) is 1. The van der Waals surface area contributed by atoms with Crippen LogP contribution in [0.15, 0.2) is 40.9 Å². The molecule has 0 saturated carbocycles. The Hall–Kier alpha value is -1.81. The second-order valence-corrected chi connectivity index (χ2v) is 10.7. The summed E-state index contributed by atoms with van der Waals surface area (Å²) in [5, 5.41) is 0. The second-order valence-electron chi connectivity index (χ2n) is 7.75. The molecule has 2 aliphatic rings. The van der Waals surface area contributed by atoms with Crippen molar-refractivity contribution >= 4 is 31.5 Å². The first kappa shape index (κ1) is 22.4. The molecule has 1 heterocycles. The van der Waals surface area contributed by atoms with E-state index in [4.69, 9.17) is 4.74 Å². The summed E-state index contributed by atoms with van der Waals surface area (Å²) in [5.41, 5.74) is 3.03. The summed E-state index contributed by atoms with van der Waals surface area (Å²) in [4.78, 5) is 2.18. The predicted molar refractivity (Wildman–Crippen MR) is 120 cm³/mol. The van der Waals surface area contributed by atoms with Crippen LogP contribution < -0.4 is 4.74 Å². The summed E-state index contributed by atoms with van der Waals surface area (Å²) in [6.07, 6.45) is 1.86. The van der Waals surface area contributed by atoms with Gasteiger partial charge in [-0.1, -0.05) is 22.0 Å². The third-order valence-corrected chi connectivity index (χ3v) is 7.62. The number of hydrogen-bond donors (Lipinski definition) is 0. The number of nitrogens with zero attached hydrogens (tertiary/aromatic N) is 2. The third kappa shape index (κ3) is 5.00. The highest BCUT2D eigenvalue weighted by Crippen LogP contribution is 2.42. The monoisotopic (exact) mass is 512 g/mol. The lowest BCUT2D eigenvalue weighted by Gasteiger charge is -2.33. The minimum Gasteiger partial charge on any atom is -0.492 e. The first-order valence-electron chi connectivity index (χ1n) is 10.00. The van der Waals surface area contributed by atoms with Crippen LogP contribution in [0.4, 0.5) is 8.78 Å². The molecule has 1 saturated heterocycles.